The van der Waals surface area contributed by atoms with Gasteiger partial charge in [0.05, 0.1) is 11.6 Å². The minimum atomic E-state index is 0.578. The zero-order chi connectivity index (χ0) is 11.4. The normalized spacial score (nSPS) is 10.0. The second kappa shape index (κ2) is 5.30. The number of aromatic nitrogens is 2. The maximum Gasteiger partial charge on any atom is 0.170 e. The zero-order valence-electron chi connectivity index (χ0n) is 8.05. The van der Waals surface area contributed by atoms with Crippen LogP contribution >= 0.6 is 34.9 Å². The quantitative estimate of drug-likeness (QED) is 0.800. The van der Waals surface area contributed by atoms with E-state index in [2.05, 4.69) is 15.4 Å². The Morgan fingerprint density at radius 3 is 3.00 bits per heavy atom. The van der Waals surface area contributed by atoms with E-state index in [1.807, 2.05) is 6.07 Å². The number of hydrogen-bond donors (Lipinski definition) is 0. The molecule has 0 aliphatic rings. The van der Waals surface area contributed by atoms with Crippen LogP contribution < -0.4 is 0 Å². The number of hydrogen-bond acceptors (Lipinski definition) is 5. The van der Waals surface area contributed by atoms with E-state index < -0.39 is 0 Å². The van der Waals surface area contributed by atoms with Gasteiger partial charge in [-0.2, -0.15) is 9.64 Å². The summed E-state index contributed by atoms with van der Waals surface area (Å²) < 4.78 is 4.84. The van der Waals surface area contributed by atoms with Gasteiger partial charge < -0.3 is 0 Å². The molecule has 0 spiro atoms. The summed E-state index contributed by atoms with van der Waals surface area (Å²) in [5.74, 6) is 0.736. The van der Waals surface area contributed by atoms with Crippen molar-refractivity contribution in [1.82, 2.24) is 9.36 Å². The Hall–Kier alpha value is -1.09. The second-order valence-electron chi connectivity index (χ2n) is 2.91. The molecular formula is C10H6ClN3S2. The fourth-order valence-electron chi connectivity index (χ4n) is 1.10. The van der Waals surface area contributed by atoms with Gasteiger partial charge in [0, 0.05) is 10.8 Å². The largest absolute Gasteiger partial charge is 0.216 e. The van der Waals surface area contributed by atoms with Crippen LogP contribution in [0.1, 0.15) is 11.1 Å². The van der Waals surface area contributed by atoms with Crippen molar-refractivity contribution in [2.75, 3.05) is 0 Å². The third-order valence-electron chi connectivity index (χ3n) is 1.87. The maximum absolute atomic E-state index is 8.70. The van der Waals surface area contributed by atoms with Gasteiger partial charge >= 0.3 is 0 Å². The molecule has 1 aromatic carbocycles. The highest BCUT2D eigenvalue weighted by atomic mass is 35.5. The first-order valence-electron chi connectivity index (χ1n) is 4.37. The summed E-state index contributed by atoms with van der Waals surface area (Å²) in [5, 5.41) is 9.32. The van der Waals surface area contributed by atoms with Crippen LogP contribution in [-0.4, -0.2) is 9.36 Å². The predicted molar refractivity (Wildman–Crippen MR) is 65.6 cm³/mol. The van der Waals surface area contributed by atoms with Crippen molar-refractivity contribution < 1.29 is 0 Å². The second-order valence-corrected chi connectivity index (χ2v) is 5.32. The Morgan fingerprint density at radius 2 is 2.38 bits per heavy atom. The molecule has 0 bridgehead atoms. The van der Waals surface area contributed by atoms with Gasteiger partial charge in [-0.15, -0.1) is 0 Å². The smallest absolute Gasteiger partial charge is 0.170 e. The van der Waals surface area contributed by atoms with E-state index in [1.54, 1.807) is 23.9 Å². The number of benzene rings is 1. The van der Waals surface area contributed by atoms with Gasteiger partial charge in [0.15, 0.2) is 4.34 Å². The molecular weight excluding hydrogens is 262 g/mol. The van der Waals surface area contributed by atoms with Crippen LogP contribution in [0.25, 0.3) is 0 Å². The van der Waals surface area contributed by atoms with E-state index in [0.717, 1.165) is 15.7 Å². The van der Waals surface area contributed by atoms with E-state index in [4.69, 9.17) is 16.9 Å². The Kier molecular flexibility index (Phi) is 3.78. The van der Waals surface area contributed by atoms with Crippen molar-refractivity contribution in [3.05, 3.63) is 40.7 Å². The minimum absolute atomic E-state index is 0.578. The number of halogens is 1. The number of thioether (sulfide) groups is 1. The summed E-state index contributed by atoms with van der Waals surface area (Å²) in [4.78, 5) is 4.07. The summed E-state index contributed by atoms with van der Waals surface area (Å²) >= 11 is 9.00. The lowest BCUT2D eigenvalue weighted by Gasteiger charge is -2.02. The molecule has 1 heterocycles. The molecule has 0 amide bonds. The summed E-state index contributed by atoms with van der Waals surface area (Å²) in [5.41, 5.74) is 1.58. The Bertz CT molecular complexity index is 519. The topological polar surface area (TPSA) is 49.6 Å². The molecule has 2 rings (SSSR count). The van der Waals surface area contributed by atoms with Crippen molar-refractivity contribution in [2.45, 2.75) is 10.1 Å². The predicted octanol–water partition coefficient (Wildman–Crippen LogP) is 3.36. The summed E-state index contributed by atoms with van der Waals surface area (Å²) in [6.07, 6.45) is 1.54. The van der Waals surface area contributed by atoms with E-state index in [9.17, 15) is 0 Å². The van der Waals surface area contributed by atoms with Gasteiger partial charge in [-0.1, -0.05) is 29.4 Å². The third kappa shape index (κ3) is 2.73. The van der Waals surface area contributed by atoms with Crippen molar-refractivity contribution in [3.8, 4) is 6.07 Å². The molecule has 0 saturated heterocycles. The fraction of sp³-hybridized carbons (Fsp3) is 0.100. The van der Waals surface area contributed by atoms with E-state index in [0.29, 0.717) is 10.6 Å². The molecule has 80 valence electrons. The Morgan fingerprint density at radius 1 is 1.50 bits per heavy atom. The maximum atomic E-state index is 8.70. The van der Waals surface area contributed by atoms with Gasteiger partial charge in [0.1, 0.15) is 6.33 Å². The zero-order valence-corrected chi connectivity index (χ0v) is 10.4. The lowest BCUT2D eigenvalue weighted by Crippen LogP contribution is -1.84. The lowest BCUT2D eigenvalue weighted by atomic mass is 10.2. The molecule has 0 atom stereocenters. The first-order valence-corrected chi connectivity index (χ1v) is 6.51. The summed E-state index contributed by atoms with van der Waals surface area (Å²) in [6.45, 7) is 0. The first kappa shape index (κ1) is 11.4. The Balaban J connectivity index is 2.08. The molecule has 0 saturated carbocycles. The molecule has 0 aliphatic heterocycles. The average Bonchev–Trinajstić information content (AvgIpc) is 2.80. The van der Waals surface area contributed by atoms with Gasteiger partial charge in [-0.3, -0.25) is 0 Å². The van der Waals surface area contributed by atoms with Crippen molar-refractivity contribution in [1.29, 1.82) is 5.26 Å². The van der Waals surface area contributed by atoms with Crippen LogP contribution in [0.15, 0.2) is 28.9 Å². The molecule has 2 aromatic rings. The van der Waals surface area contributed by atoms with Gasteiger partial charge in [0.2, 0.25) is 0 Å². The molecule has 1 aromatic heterocycles. The highest BCUT2D eigenvalue weighted by molar-refractivity contribution is 8.00. The first-order chi connectivity index (χ1) is 7.79. The van der Waals surface area contributed by atoms with Crippen LogP contribution in [-0.2, 0) is 5.75 Å². The summed E-state index contributed by atoms with van der Waals surface area (Å²) in [7, 11) is 0. The van der Waals surface area contributed by atoms with Crippen LogP contribution in [0.2, 0.25) is 5.02 Å². The van der Waals surface area contributed by atoms with E-state index in [1.165, 1.54) is 17.9 Å². The monoisotopic (exact) mass is 267 g/mol. The van der Waals surface area contributed by atoms with Crippen molar-refractivity contribution >= 4 is 34.9 Å². The lowest BCUT2D eigenvalue weighted by molar-refractivity contribution is 1.21. The highest BCUT2D eigenvalue weighted by Crippen LogP contribution is 2.27. The van der Waals surface area contributed by atoms with Gasteiger partial charge in [-0.05, 0) is 29.2 Å². The van der Waals surface area contributed by atoms with Crippen LogP contribution in [0.4, 0.5) is 0 Å². The molecule has 0 aliphatic carbocycles. The average molecular weight is 268 g/mol. The molecule has 0 fully saturated rings. The van der Waals surface area contributed by atoms with Crippen molar-refractivity contribution in [3.63, 3.8) is 0 Å². The molecule has 3 nitrogen and oxygen atoms in total. The molecule has 16 heavy (non-hydrogen) atoms. The van der Waals surface area contributed by atoms with Crippen molar-refractivity contribution in [2.24, 2.45) is 0 Å². The van der Waals surface area contributed by atoms with Crippen LogP contribution in [0.5, 0.6) is 0 Å². The Labute approximate surface area is 106 Å². The number of nitrogens with zero attached hydrogens (tertiary/aromatic N) is 3. The van der Waals surface area contributed by atoms with Crippen LogP contribution in [0.3, 0.4) is 0 Å². The van der Waals surface area contributed by atoms with E-state index >= 15 is 0 Å². The van der Waals surface area contributed by atoms with Gasteiger partial charge in [0.25, 0.3) is 0 Å². The molecule has 0 N–H and O–H groups in total. The minimum Gasteiger partial charge on any atom is -0.216 e. The molecule has 0 unspecified atom stereocenters. The number of nitriles is 1. The highest BCUT2D eigenvalue weighted by Gasteiger charge is 2.04. The van der Waals surface area contributed by atoms with Gasteiger partial charge in [-0.25, -0.2) is 4.98 Å². The summed E-state index contributed by atoms with van der Waals surface area (Å²) in [6, 6.07) is 7.37. The fourth-order valence-corrected chi connectivity index (χ4v) is 2.87. The third-order valence-corrected chi connectivity index (χ3v) is 4.07. The molecule has 6 heteroatoms. The van der Waals surface area contributed by atoms with Crippen LogP contribution in [0, 0.1) is 11.3 Å². The standard InChI is InChI=1S/C10H6ClN3S2/c11-9-3-7(4-12)1-2-8(9)5-15-10-13-6-14-16-10/h1-3,6H,5H2. The number of rotatable bonds is 3. The van der Waals surface area contributed by atoms with E-state index in [-0.39, 0.29) is 0 Å². The SMILES string of the molecule is N#Cc1ccc(CSc2ncns2)c(Cl)c1. The molecule has 0 radical (unpaired) electrons.